The molecule has 1 nitrogen and oxygen atoms in total. The lowest BCUT2D eigenvalue weighted by Gasteiger charge is -2.25. The second-order valence-electron chi connectivity index (χ2n) is 4.81. The van der Waals surface area contributed by atoms with Crippen LogP contribution in [0.25, 0.3) is 0 Å². The van der Waals surface area contributed by atoms with Crippen molar-refractivity contribution in [1.29, 1.82) is 0 Å². The van der Waals surface area contributed by atoms with Crippen molar-refractivity contribution in [1.82, 2.24) is 4.90 Å². The number of nitrogens with zero attached hydrogens (tertiary/aromatic N) is 1. The van der Waals surface area contributed by atoms with Crippen LogP contribution in [0, 0.1) is 0 Å². The molecule has 1 aromatic rings. The van der Waals surface area contributed by atoms with Crippen molar-refractivity contribution in [2.45, 2.75) is 38.6 Å². The Balaban J connectivity index is 2.34. The summed E-state index contributed by atoms with van der Waals surface area (Å²) in [6, 6.07) is 8.54. The molecule has 102 valence electrons. The second kappa shape index (κ2) is 8.79. The first kappa shape index (κ1) is 15.8. The largest absolute Gasteiger partial charge is 0.300 e. The lowest BCUT2D eigenvalue weighted by atomic mass is 10.1. The van der Waals surface area contributed by atoms with Gasteiger partial charge in [0.2, 0.25) is 0 Å². The van der Waals surface area contributed by atoms with E-state index in [1.54, 1.807) is 0 Å². The normalized spacial score (nSPS) is 12.9. The predicted octanol–water partition coefficient (Wildman–Crippen LogP) is 5.13. The van der Waals surface area contributed by atoms with E-state index in [9.17, 15) is 0 Å². The maximum Gasteiger partial charge on any atom is 0.0409 e. The van der Waals surface area contributed by atoms with Gasteiger partial charge >= 0.3 is 0 Å². The molecule has 0 spiro atoms. The molecule has 0 N–H and O–H groups in total. The topological polar surface area (TPSA) is 3.24 Å². The van der Waals surface area contributed by atoms with Crippen molar-refractivity contribution in [2.24, 2.45) is 0 Å². The molecule has 1 aromatic carbocycles. The van der Waals surface area contributed by atoms with Crippen molar-refractivity contribution >= 4 is 23.2 Å². The quantitative estimate of drug-likeness (QED) is 0.473. The fraction of sp³-hybridized carbons (Fsp3) is 0.600. The molecule has 0 fully saturated rings. The van der Waals surface area contributed by atoms with Crippen LogP contribution >= 0.6 is 23.2 Å². The first-order valence-electron chi connectivity index (χ1n) is 6.67. The van der Waals surface area contributed by atoms with Gasteiger partial charge in [-0.2, -0.15) is 0 Å². The van der Waals surface area contributed by atoms with Crippen LogP contribution in [0.1, 0.15) is 44.2 Å². The number of alkyl halides is 1. The van der Waals surface area contributed by atoms with Crippen LogP contribution in [-0.2, 0) is 0 Å². The van der Waals surface area contributed by atoms with E-state index >= 15 is 0 Å². The summed E-state index contributed by atoms with van der Waals surface area (Å²) in [5.41, 5.74) is 1.28. The minimum absolute atomic E-state index is 0.414. The summed E-state index contributed by atoms with van der Waals surface area (Å²) in [4.78, 5) is 2.38. The van der Waals surface area contributed by atoms with E-state index in [1.807, 2.05) is 12.1 Å². The van der Waals surface area contributed by atoms with Crippen LogP contribution in [0.2, 0.25) is 5.02 Å². The molecular formula is C15H23Cl2N. The monoisotopic (exact) mass is 287 g/mol. The van der Waals surface area contributed by atoms with Gasteiger partial charge in [0.05, 0.1) is 0 Å². The Labute approximate surface area is 121 Å². The third-order valence-corrected chi connectivity index (χ3v) is 3.89. The van der Waals surface area contributed by atoms with Crippen molar-refractivity contribution < 1.29 is 0 Å². The molecule has 0 aliphatic carbocycles. The average molecular weight is 288 g/mol. The number of unbranched alkanes of at least 4 members (excludes halogenated alkanes) is 3. The van der Waals surface area contributed by atoms with E-state index < -0.39 is 0 Å². The summed E-state index contributed by atoms with van der Waals surface area (Å²) in [5, 5.41) is 0.815. The van der Waals surface area contributed by atoms with Crippen molar-refractivity contribution in [3.63, 3.8) is 0 Å². The second-order valence-corrected chi connectivity index (χ2v) is 5.63. The Morgan fingerprint density at radius 3 is 2.56 bits per heavy atom. The zero-order valence-electron chi connectivity index (χ0n) is 11.3. The SMILES string of the molecule is CC(c1cccc(Cl)c1)N(C)CCCCCCCl. The lowest BCUT2D eigenvalue weighted by molar-refractivity contribution is 0.255. The smallest absolute Gasteiger partial charge is 0.0409 e. The Bertz CT molecular complexity index is 341. The van der Waals surface area contributed by atoms with E-state index in [0.717, 1.165) is 23.9 Å². The molecule has 3 heteroatoms. The summed E-state index contributed by atoms with van der Waals surface area (Å²) in [7, 11) is 2.17. The molecule has 0 aliphatic rings. The summed E-state index contributed by atoms with van der Waals surface area (Å²) in [6.45, 7) is 3.35. The van der Waals surface area contributed by atoms with Crippen molar-refractivity contribution in [2.75, 3.05) is 19.5 Å². The fourth-order valence-electron chi connectivity index (χ4n) is 2.02. The van der Waals surface area contributed by atoms with Gasteiger partial charge in [0.15, 0.2) is 0 Å². The molecule has 0 saturated heterocycles. The Kier molecular flexibility index (Phi) is 7.73. The third kappa shape index (κ3) is 5.60. The average Bonchev–Trinajstić information content (AvgIpc) is 2.37. The minimum Gasteiger partial charge on any atom is -0.300 e. The van der Waals surface area contributed by atoms with E-state index in [1.165, 1.54) is 24.8 Å². The summed E-state index contributed by atoms with van der Waals surface area (Å²) in [6.07, 6.45) is 4.87. The number of benzene rings is 1. The van der Waals surface area contributed by atoms with Gasteiger partial charge in [-0.05, 0) is 51.1 Å². The van der Waals surface area contributed by atoms with Crippen LogP contribution in [0.4, 0.5) is 0 Å². The number of hydrogen-bond acceptors (Lipinski definition) is 1. The van der Waals surface area contributed by atoms with Gasteiger partial charge in [0.1, 0.15) is 0 Å². The molecule has 0 amide bonds. The highest BCUT2D eigenvalue weighted by molar-refractivity contribution is 6.30. The van der Waals surface area contributed by atoms with Gasteiger partial charge < -0.3 is 0 Å². The van der Waals surface area contributed by atoms with Crippen LogP contribution in [0.3, 0.4) is 0 Å². The van der Waals surface area contributed by atoms with E-state index in [-0.39, 0.29) is 0 Å². The van der Waals surface area contributed by atoms with Crippen LogP contribution in [0.15, 0.2) is 24.3 Å². The van der Waals surface area contributed by atoms with Gasteiger partial charge in [-0.25, -0.2) is 0 Å². The highest BCUT2D eigenvalue weighted by Crippen LogP contribution is 2.22. The Morgan fingerprint density at radius 2 is 1.89 bits per heavy atom. The van der Waals surface area contributed by atoms with Gasteiger partial charge in [-0.15, -0.1) is 11.6 Å². The van der Waals surface area contributed by atoms with E-state index in [4.69, 9.17) is 23.2 Å². The van der Waals surface area contributed by atoms with Gasteiger partial charge in [0.25, 0.3) is 0 Å². The number of rotatable bonds is 8. The third-order valence-electron chi connectivity index (χ3n) is 3.39. The van der Waals surface area contributed by atoms with Crippen LogP contribution in [-0.4, -0.2) is 24.4 Å². The summed E-state index contributed by atoms with van der Waals surface area (Å²) < 4.78 is 0. The molecule has 1 rings (SSSR count). The Hall–Kier alpha value is -0.240. The molecule has 18 heavy (non-hydrogen) atoms. The first-order valence-corrected chi connectivity index (χ1v) is 7.58. The number of halogens is 2. The molecule has 0 saturated carbocycles. The summed E-state index contributed by atoms with van der Waals surface area (Å²) >= 11 is 11.7. The van der Waals surface area contributed by atoms with Crippen LogP contribution < -0.4 is 0 Å². The predicted molar refractivity (Wildman–Crippen MR) is 81.7 cm³/mol. The summed E-state index contributed by atoms with van der Waals surface area (Å²) in [5.74, 6) is 0.786. The van der Waals surface area contributed by atoms with Crippen molar-refractivity contribution in [3.05, 3.63) is 34.9 Å². The number of hydrogen-bond donors (Lipinski definition) is 0. The molecule has 0 bridgehead atoms. The molecule has 0 heterocycles. The molecular weight excluding hydrogens is 265 g/mol. The fourth-order valence-corrected chi connectivity index (χ4v) is 2.41. The molecule has 0 aliphatic heterocycles. The van der Waals surface area contributed by atoms with Gasteiger partial charge in [-0.1, -0.05) is 36.6 Å². The molecule has 0 aromatic heterocycles. The van der Waals surface area contributed by atoms with Crippen molar-refractivity contribution in [3.8, 4) is 0 Å². The minimum atomic E-state index is 0.414. The van der Waals surface area contributed by atoms with E-state index in [2.05, 4.69) is 31.0 Å². The molecule has 1 unspecified atom stereocenters. The van der Waals surface area contributed by atoms with Crippen LogP contribution in [0.5, 0.6) is 0 Å². The molecule has 0 radical (unpaired) electrons. The van der Waals surface area contributed by atoms with E-state index in [0.29, 0.717) is 6.04 Å². The zero-order chi connectivity index (χ0) is 13.4. The zero-order valence-corrected chi connectivity index (χ0v) is 12.8. The standard InChI is InChI=1S/C15H23Cl2N/c1-13(14-8-7-9-15(17)12-14)18(2)11-6-4-3-5-10-16/h7-9,12-13H,3-6,10-11H2,1-2H3. The first-order chi connectivity index (χ1) is 8.65. The van der Waals surface area contributed by atoms with Gasteiger partial charge in [-0.3, -0.25) is 4.90 Å². The molecule has 1 atom stereocenters. The maximum atomic E-state index is 6.02. The van der Waals surface area contributed by atoms with Gasteiger partial charge in [0, 0.05) is 16.9 Å². The lowest BCUT2D eigenvalue weighted by Crippen LogP contribution is -2.23. The Morgan fingerprint density at radius 1 is 1.17 bits per heavy atom. The highest BCUT2D eigenvalue weighted by Gasteiger charge is 2.11. The maximum absolute atomic E-state index is 6.02. The highest BCUT2D eigenvalue weighted by atomic mass is 35.5.